The highest BCUT2D eigenvalue weighted by atomic mass is 35.5. The highest BCUT2D eigenvalue weighted by Crippen LogP contribution is 2.55. The maximum atomic E-state index is 13.7. The first-order valence-corrected chi connectivity index (χ1v) is 10.0. The van der Waals surface area contributed by atoms with Crippen molar-refractivity contribution in [3.63, 3.8) is 0 Å². The van der Waals surface area contributed by atoms with Crippen molar-refractivity contribution in [3.05, 3.63) is 46.2 Å². The summed E-state index contributed by atoms with van der Waals surface area (Å²) in [6.45, 7) is 1.68. The average molecular weight is 480 g/mol. The molecule has 0 spiro atoms. The number of fused-ring (bicyclic) bond motifs is 3. The number of amides is 1. The van der Waals surface area contributed by atoms with E-state index in [1.165, 1.54) is 25.1 Å². The summed E-state index contributed by atoms with van der Waals surface area (Å²) in [4.78, 5) is 40.0. The second-order valence-corrected chi connectivity index (χ2v) is 8.79. The molecule has 0 radical (unpaired) electrons. The fourth-order valence-corrected chi connectivity index (χ4v) is 5.58. The molecule has 7 N–H and O–H groups in total. The minimum absolute atomic E-state index is 0. The zero-order chi connectivity index (χ0) is 23.9. The van der Waals surface area contributed by atoms with Crippen molar-refractivity contribution in [2.45, 2.75) is 30.6 Å². The molecule has 1 saturated carbocycles. The van der Waals surface area contributed by atoms with Crippen LogP contribution in [0.25, 0.3) is 5.76 Å². The lowest BCUT2D eigenvalue weighted by Crippen LogP contribution is -3.00. The second-order valence-electron chi connectivity index (χ2n) is 8.79. The number of benzene rings is 1. The van der Waals surface area contributed by atoms with Crippen molar-refractivity contribution in [3.8, 4) is 5.75 Å². The number of phenols is 1. The second kappa shape index (κ2) is 7.84. The Morgan fingerprint density at radius 3 is 2.30 bits per heavy atom. The van der Waals surface area contributed by atoms with Gasteiger partial charge in [-0.25, -0.2) is 0 Å². The van der Waals surface area contributed by atoms with Crippen LogP contribution in [0.5, 0.6) is 5.75 Å². The largest absolute Gasteiger partial charge is 1.00 e. The number of rotatable bonds is 2. The van der Waals surface area contributed by atoms with Crippen molar-refractivity contribution in [1.29, 1.82) is 0 Å². The summed E-state index contributed by atoms with van der Waals surface area (Å²) in [6.07, 6.45) is -1.59. The molecule has 0 saturated heterocycles. The van der Waals surface area contributed by atoms with Gasteiger partial charge in [-0.1, -0.05) is 19.1 Å². The third-order valence-corrected chi connectivity index (χ3v) is 6.99. The van der Waals surface area contributed by atoms with Crippen LogP contribution in [0.1, 0.15) is 24.0 Å². The van der Waals surface area contributed by atoms with Crippen LogP contribution in [-0.4, -0.2) is 79.7 Å². The van der Waals surface area contributed by atoms with Gasteiger partial charge in [0.15, 0.2) is 11.4 Å². The Morgan fingerprint density at radius 1 is 1.15 bits per heavy atom. The summed E-state index contributed by atoms with van der Waals surface area (Å²) in [5, 5.41) is 54.9. The Kier molecular flexibility index (Phi) is 5.87. The highest BCUT2D eigenvalue weighted by Gasteiger charge is 2.68. The number of aliphatic hydroxyl groups excluding tert-OH is 3. The number of hydrogen-bond donors (Lipinski definition) is 6. The molecule has 1 aromatic rings. The Balaban J connectivity index is 0.00000306. The molecule has 1 amide bonds. The average Bonchev–Trinajstić information content (AvgIpc) is 2.70. The van der Waals surface area contributed by atoms with E-state index in [4.69, 9.17) is 5.73 Å². The van der Waals surface area contributed by atoms with Gasteiger partial charge in [0.05, 0.1) is 23.6 Å². The number of nitrogens with zero attached hydrogens (tertiary/aromatic N) is 1. The molecule has 178 valence electrons. The summed E-state index contributed by atoms with van der Waals surface area (Å²) < 4.78 is 0. The number of phenolic OH excluding ortho intramolecular Hbond substituents is 1. The number of primary amides is 1. The van der Waals surface area contributed by atoms with Gasteiger partial charge >= 0.3 is 0 Å². The molecule has 0 bridgehead atoms. The third kappa shape index (κ3) is 2.95. The van der Waals surface area contributed by atoms with Gasteiger partial charge in [-0.3, -0.25) is 19.3 Å². The van der Waals surface area contributed by atoms with E-state index < -0.39 is 75.6 Å². The Hall–Kier alpha value is -2.92. The number of likely N-dealkylation sites (N-methyl/N-ethyl adjacent to an activating group) is 1. The zero-order valence-electron chi connectivity index (χ0n) is 18.0. The molecular weight excluding hydrogens is 456 g/mol. The van der Waals surface area contributed by atoms with Crippen LogP contribution in [0.2, 0.25) is 0 Å². The predicted octanol–water partition coefficient (Wildman–Crippen LogP) is -3.50. The Morgan fingerprint density at radius 2 is 1.76 bits per heavy atom. The van der Waals surface area contributed by atoms with Gasteiger partial charge in [0.1, 0.15) is 22.8 Å². The van der Waals surface area contributed by atoms with Gasteiger partial charge in [0.2, 0.25) is 5.78 Å². The third-order valence-electron chi connectivity index (χ3n) is 6.99. The number of aliphatic hydroxyl groups is 4. The smallest absolute Gasteiger partial charge is 0.255 e. The minimum Gasteiger partial charge on any atom is -1.00 e. The van der Waals surface area contributed by atoms with Crippen LogP contribution in [0, 0.1) is 11.8 Å². The molecule has 33 heavy (non-hydrogen) atoms. The molecule has 6 atom stereocenters. The minimum atomic E-state index is -2.89. The molecule has 1 aromatic carbocycles. The van der Waals surface area contributed by atoms with Crippen LogP contribution in [0.4, 0.5) is 0 Å². The first-order chi connectivity index (χ1) is 14.9. The normalized spacial score (nSPS) is 33.3. The lowest BCUT2D eigenvalue weighted by Gasteiger charge is -2.53. The van der Waals surface area contributed by atoms with Gasteiger partial charge in [-0.15, -0.1) is 0 Å². The summed E-state index contributed by atoms with van der Waals surface area (Å²) in [7, 11) is 2.92. The van der Waals surface area contributed by atoms with Crippen LogP contribution in [0.3, 0.4) is 0 Å². The number of halogens is 1. The van der Waals surface area contributed by atoms with Crippen LogP contribution in [-0.2, 0) is 14.4 Å². The monoisotopic (exact) mass is 479 g/mol. The van der Waals surface area contributed by atoms with E-state index in [0.29, 0.717) is 5.56 Å². The van der Waals surface area contributed by atoms with Gasteiger partial charge in [0.25, 0.3) is 5.91 Å². The molecular formula is C22H24ClN2O8-. The van der Waals surface area contributed by atoms with Crippen molar-refractivity contribution in [2.24, 2.45) is 17.6 Å². The first kappa shape index (κ1) is 24.7. The number of Topliss-reactive ketones (excluding diaryl/α,β-unsaturated/α-hetero) is 2. The summed E-state index contributed by atoms with van der Waals surface area (Å²) in [6, 6.07) is 3.13. The fraction of sp³-hybridized carbons (Fsp3) is 0.409. The standard InChI is InChI=1S/C22H24N2O8.ClH/c1-7-8-5-4-6-9(25)11(8)16(26)12-10(7)17(27)14-15(24(2)3)18(28)13(21(23)31)20(30)22(14,32)19(12)29;/h4-7,10,14-15,17,25-27,30,32H,1-3H3,(H2,23,31);1H/p-1/t7?,10-,14-,15?,17?,22+;/m1./s1. The highest BCUT2D eigenvalue weighted by molar-refractivity contribution is 6.24. The maximum absolute atomic E-state index is 13.7. The van der Waals surface area contributed by atoms with Gasteiger partial charge in [-0.2, -0.15) is 0 Å². The molecule has 3 unspecified atom stereocenters. The van der Waals surface area contributed by atoms with Crippen molar-refractivity contribution in [2.75, 3.05) is 14.1 Å². The lowest BCUT2D eigenvalue weighted by atomic mass is 9.54. The van der Waals surface area contributed by atoms with E-state index in [0.717, 1.165) is 0 Å². The number of aromatic hydroxyl groups is 1. The van der Waals surface area contributed by atoms with E-state index >= 15 is 0 Å². The van der Waals surface area contributed by atoms with Crippen LogP contribution in [0.15, 0.2) is 35.1 Å². The predicted molar refractivity (Wildman–Crippen MR) is 110 cm³/mol. The van der Waals surface area contributed by atoms with Crippen LogP contribution < -0.4 is 18.1 Å². The Labute approximate surface area is 195 Å². The van der Waals surface area contributed by atoms with Crippen molar-refractivity contribution >= 4 is 23.2 Å². The fourth-order valence-electron chi connectivity index (χ4n) is 5.58. The molecule has 3 aliphatic rings. The molecule has 3 aliphatic carbocycles. The van der Waals surface area contributed by atoms with E-state index in [2.05, 4.69) is 0 Å². The number of carbonyl (C=O) groups is 3. The van der Waals surface area contributed by atoms with E-state index in [1.807, 2.05) is 0 Å². The molecule has 1 fully saturated rings. The molecule has 4 rings (SSSR count). The van der Waals surface area contributed by atoms with Crippen LogP contribution >= 0.6 is 0 Å². The molecule has 0 heterocycles. The quantitative estimate of drug-likeness (QED) is 0.234. The summed E-state index contributed by atoms with van der Waals surface area (Å²) >= 11 is 0. The lowest BCUT2D eigenvalue weighted by molar-refractivity contribution is -0.169. The van der Waals surface area contributed by atoms with Crippen molar-refractivity contribution in [1.82, 2.24) is 4.90 Å². The van der Waals surface area contributed by atoms with E-state index in [9.17, 15) is 39.9 Å². The SMILES string of the molecule is CC1c2cccc(O)c2C(O)=C2C(=O)[C@]3(O)C(O)=C(C(N)=O)C(=O)C(N(C)C)[C@@H]3C(O)[C@@H]21.[Cl-]. The number of carbonyl (C=O) groups excluding carboxylic acids is 3. The first-order valence-electron chi connectivity index (χ1n) is 10.0. The van der Waals surface area contributed by atoms with E-state index in [-0.39, 0.29) is 23.7 Å². The molecule has 10 nitrogen and oxygen atoms in total. The topological polar surface area (TPSA) is 182 Å². The number of ketones is 2. The summed E-state index contributed by atoms with van der Waals surface area (Å²) in [5.74, 6) is -8.87. The molecule has 11 heteroatoms. The number of nitrogens with two attached hydrogens (primary N) is 1. The van der Waals surface area contributed by atoms with Gasteiger partial charge in [-0.05, 0) is 31.6 Å². The molecule has 0 aromatic heterocycles. The van der Waals surface area contributed by atoms with Gasteiger partial charge in [0, 0.05) is 11.5 Å². The molecule has 0 aliphatic heterocycles. The zero-order valence-corrected chi connectivity index (χ0v) is 18.7. The Bertz CT molecular complexity index is 1140. The summed E-state index contributed by atoms with van der Waals surface area (Å²) in [5.41, 5.74) is 1.47. The van der Waals surface area contributed by atoms with Crippen molar-refractivity contribution < 1.29 is 52.3 Å². The maximum Gasteiger partial charge on any atom is 0.255 e. The van der Waals surface area contributed by atoms with E-state index in [1.54, 1.807) is 19.1 Å². The van der Waals surface area contributed by atoms with Gasteiger partial charge < -0.3 is 43.7 Å². The number of hydrogen-bond acceptors (Lipinski definition) is 9.